The molecule has 0 radical (unpaired) electrons. The number of rotatable bonds is 10. The van der Waals surface area contributed by atoms with E-state index in [0.717, 1.165) is 0 Å². The molecule has 8 heteroatoms. The normalized spacial score (nSPS) is 11.3. The molecule has 2 rings (SSSR count). The van der Waals surface area contributed by atoms with Gasteiger partial charge in [0.15, 0.2) is 0 Å². The first kappa shape index (κ1) is 22.7. The summed E-state index contributed by atoms with van der Waals surface area (Å²) in [5, 5.41) is 0. The Kier molecular flexibility index (Phi) is 8.04. The third kappa shape index (κ3) is 6.47. The van der Waals surface area contributed by atoms with Gasteiger partial charge in [0.2, 0.25) is 5.91 Å². The number of carbonyl (C=O) groups excluding carboxylic acids is 1. The second-order valence-electron chi connectivity index (χ2n) is 6.92. The van der Waals surface area contributed by atoms with Crippen LogP contribution >= 0.6 is 0 Å². The van der Waals surface area contributed by atoms with Gasteiger partial charge < -0.3 is 18.6 Å². The fourth-order valence-electron chi connectivity index (χ4n) is 2.74. The Balaban J connectivity index is 2.27. The molecular formula is C21H27NO6S. The molecule has 0 heterocycles. The van der Waals surface area contributed by atoms with Gasteiger partial charge >= 0.3 is 10.1 Å². The number of benzene rings is 2. The summed E-state index contributed by atoms with van der Waals surface area (Å²) in [5.74, 6) is 0.800. The van der Waals surface area contributed by atoms with Crippen LogP contribution in [0.4, 0.5) is 0 Å². The summed E-state index contributed by atoms with van der Waals surface area (Å²) >= 11 is 0. The maximum atomic E-state index is 12.7. The average Bonchev–Trinajstić information content (AvgIpc) is 2.68. The van der Waals surface area contributed by atoms with Gasteiger partial charge in [-0.25, -0.2) is 0 Å². The molecule has 0 aliphatic carbocycles. The highest BCUT2D eigenvalue weighted by atomic mass is 32.2. The number of hydrogen-bond acceptors (Lipinski definition) is 6. The van der Waals surface area contributed by atoms with Crippen LogP contribution in [-0.2, 0) is 26.2 Å². The Labute approximate surface area is 172 Å². The molecule has 0 aliphatic heterocycles. The van der Waals surface area contributed by atoms with Crippen molar-refractivity contribution in [3.63, 3.8) is 0 Å². The minimum atomic E-state index is -4.03. The van der Waals surface area contributed by atoms with Crippen molar-refractivity contribution in [2.24, 2.45) is 5.92 Å². The van der Waals surface area contributed by atoms with Crippen LogP contribution in [0.15, 0.2) is 53.4 Å². The number of nitrogens with zero attached hydrogens (tertiary/aromatic N) is 1. The van der Waals surface area contributed by atoms with Crippen molar-refractivity contribution in [2.75, 3.05) is 27.4 Å². The quantitative estimate of drug-likeness (QED) is 0.548. The number of carbonyl (C=O) groups is 1. The van der Waals surface area contributed by atoms with E-state index in [9.17, 15) is 13.2 Å². The highest BCUT2D eigenvalue weighted by Gasteiger charge is 2.21. The number of methoxy groups -OCH3 is 2. The second kappa shape index (κ2) is 10.3. The van der Waals surface area contributed by atoms with Crippen molar-refractivity contribution in [3.05, 3.63) is 54.1 Å². The van der Waals surface area contributed by atoms with Gasteiger partial charge in [-0.1, -0.05) is 32.0 Å². The number of ether oxygens (including phenoxy) is 2. The molecule has 1 amide bonds. The van der Waals surface area contributed by atoms with E-state index in [1.165, 1.54) is 26.4 Å². The van der Waals surface area contributed by atoms with Gasteiger partial charge in [0.25, 0.3) is 0 Å². The molecule has 158 valence electrons. The summed E-state index contributed by atoms with van der Waals surface area (Å²) in [5.41, 5.74) is 0.592. The van der Waals surface area contributed by atoms with Crippen molar-refractivity contribution in [3.8, 4) is 11.5 Å². The molecule has 0 unspecified atom stereocenters. The molecule has 0 spiro atoms. The van der Waals surface area contributed by atoms with Crippen LogP contribution in [0.25, 0.3) is 0 Å². The lowest BCUT2D eigenvalue weighted by atomic mass is 10.1. The minimum absolute atomic E-state index is 0.0163. The Morgan fingerprint density at radius 2 is 1.69 bits per heavy atom. The summed E-state index contributed by atoms with van der Waals surface area (Å²) in [4.78, 5) is 14.0. The summed E-state index contributed by atoms with van der Waals surface area (Å²) in [6, 6.07) is 12.7. The van der Waals surface area contributed by atoms with E-state index in [0.29, 0.717) is 17.9 Å². The second-order valence-corrected chi connectivity index (χ2v) is 8.47. The van der Waals surface area contributed by atoms with Crippen LogP contribution < -0.4 is 8.92 Å². The molecular weight excluding hydrogens is 394 g/mol. The Bertz CT molecular complexity index is 909. The first-order valence-corrected chi connectivity index (χ1v) is 10.6. The van der Waals surface area contributed by atoms with Gasteiger partial charge in [-0.2, -0.15) is 8.42 Å². The van der Waals surface area contributed by atoms with Gasteiger partial charge in [0, 0.05) is 25.8 Å². The van der Waals surface area contributed by atoms with Crippen molar-refractivity contribution in [2.45, 2.75) is 25.3 Å². The van der Waals surface area contributed by atoms with E-state index in [1.807, 2.05) is 13.8 Å². The first-order chi connectivity index (χ1) is 13.8. The van der Waals surface area contributed by atoms with Gasteiger partial charge in [0.1, 0.15) is 23.0 Å². The largest absolute Gasteiger partial charge is 0.497 e. The Hall–Kier alpha value is -2.58. The van der Waals surface area contributed by atoms with Crippen molar-refractivity contribution in [1.82, 2.24) is 4.90 Å². The predicted octanol–water partition coefficient (Wildman–Crippen LogP) is 3.09. The molecule has 0 saturated carbocycles. The molecule has 0 fully saturated rings. The zero-order valence-electron chi connectivity index (χ0n) is 17.1. The monoisotopic (exact) mass is 421 g/mol. The van der Waals surface area contributed by atoms with Crippen LogP contribution in [0.2, 0.25) is 0 Å². The zero-order chi connectivity index (χ0) is 21.4. The summed E-state index contributed by atoms with van der Waals surface area (Å²) in [6.07, 6.45) is 0. The molecule has 7 nitrogen and oxygen atoms in total. The lowest BCUT2D eigenvalue weighted by Gasteiger charge is -2.25. The van der Waals surface area contributed by atoms with Crippen LogP contribution in [0.5, 0.6) is 11.5 Å². The molecule has 0 bridgehead atoms. The molecule has 0 N–H and O–H groups in total. The van der Waals surface area contributed by atoms with Crippen LogP contribution in [0, 0.1) is 5.92 Å². The highest BCUT2D eigenvalue weighted by molar-refractivity contribution is 7.87. The fraction of sp³-hybridized carbons (Fsp3) is 0.381. The van der Waals surface area contributed by atoms with Crippen LogP contribution in [-0.4, -0.2) is 46.6 Å². The standard InChI is InChI=1S/C21H27NO6S/c1-16(2)13-22(21(23)15-26-3)14-17-7-5-6-8-20(17)28-29(24,25)19-11-9-18(27-4)10-12-19/h5-12,16H,13-15H2,1-4H3. The fourth-order valence-corrected chi connectivity index (χ4v) is 3.70. The van der Waals surface area contributed by atoms with Gasteiger partial charge in [-0.15, -0.1) is 0 Å². The van der Waals surface area contributed by atoms with Crippen molar-refractivity contribution >= 4 is 16.0 Å². The minimum Gasteiger partial charge on any atom is -0.497 e. The van der Waals surface area contributed by atoms with Gasteiger partial charge in [-0.3, -0.25) is 4.79 Å². The molecule has 0 aromatic heterocycles. The molecule has 2 aromatic rings. The zero-order valence-corrected chi connectivity index (χ0v) is 17.9. The summed E-state index contributed by atoms with van der Waals surface area (Å²) < 4.78 is 40.8. The van der Waals surface area contributed by atoms with Gasteiger partial charge in [0.05, 0.1) is 7.11 Å². The number of amides is 1. The third-order valence-corrected chi connectivity index (χ3v) is 5.34. The summed E-state index contributed by atoms with van der Waals surface area (Å²) in [7, 11) is -1.07. The maximum absolute atomic E-state index is 12.7. The Morgan fingerprint density at radius 3 is 2.28 bits per heavy atom. The van der Waals surface area contributed by atoms with Gasteiger partial charge in [-0.05, 0) is 36.2 Å². The van der Waals surface area contributed by atoms with E-state index >= 15 is 0 Å². The first-order valence-electron chi connectivity index (χ1n) is 9.20. The molecule has 0 aliphatic rings. The predicted molar refractivity (Wildman–Crippen MR) is 109 cm³/mol. The molecule has 0 saturated heterocycles. The number of hydrogen-bond donors (Lipinski definition) is 0. The van der Waals surface area contributed by atoms with Crippen molar-refractivity contribution in [1.29, 1.82) is 0 Å². The lowest BCUT2D eigenvalue weighted by Crippen LogP contribution is -2.36. The SMILES string of the molecule is COCC(=O)N(Cc1ccccc1OS(=O)(=O)c1ccc(OC)cc1)CC(C)C. The average molecular weight is 422 g/mol. The molecule has 29 heavy (non-hydrogen) atoms. The highest BCUT2D eigenvalue weighted by Crippen LogP contribution is 2.25. The third-order valence-electron chi connectivity index (χ3n) is 4.09. The van der Waals surface area contributed by atoms with E-state index < -0.39 is 10.1 Å². The molecule has 0 atom stereocenters. The molecule has 2 aromatic carbocycles. The van der Waals surface area contributed by atoms with E-state index in [-0.39, 0.29) is 35.6 Å². The van der Waals surface area contributed by atoms with E-state index in [4.69, 9.17) is 13.7 Å². The lowest BCUT2D eigenvalue weighted by molar-refractivity contribution is -0.136. The van der Waals surface area contributed by atoms with Crippen molar-refractivity contribution < 1.29 is 26.9 Å². The Morgan fingerprint density at radius 1 is 1.03 bits per heavy atom. The number of para-hydroxylation sites is 1. The van der Waals surface area contributed by atoms with Crippen LogP contribution in [0.1, 0.15) is 19.4 Å². The van der Waals surface area contributed by atoms with E-state index in [2.05, 4.69) is 0 Å². The summed E-state index contributed by atoms with van der Waals surface area (Å²) in [6.45, 7) is 4.70. The maximum Gasteiger partial charge on any atom is 0.339 e. The smallest absolute Gasteiger partial charge is 0.339 e. The van der Waals surface area contributed by atoms with E-state index in [1.54, 1.807) is 41.3 Å². The topological polar surface area (TPSA) is 82.1 Å². The van der Waals surface area contributed by atoms with Crippen LogP contribution in [0.3, 0.4) is 0 Å².